The van der Waals surface area contributed by atoms with Gasteiger partial charge in [0, 0.05) is 21.9 Å². The Balaban J connectivity index is 2.89. The van der Waals surface area contributed by atoms with E-state index < -0.39 is 5.97 Å². The number of fused-ring (bicyclic) bond motifs is 1. The van der Waals surface area contributed by atoms with Gasteiger partial charge in [-0.15, -0.1) is 0 Å². The van der Waals surface area contributed by atoms with Crippen molar-refractivity contribution >= 4 is 16.7 Å². The second-order valence-corrected chi connectivity index (χ2v) is 4.30. The van der Waals surface area contributed by atoms with Crippen LogP contribution in [0.4, 0.5) is 0 Å². The molecule has 2 aromatic carbocycles. The first kappa shape index (κ1) is 14.1. The van der Waals surface area contributed by atoms with Crippen molar-refractivity contribution in [1.82, 2.24) is 0 Å². The number of methoxy groups -OCH3 is 2. The lowest BCUT2D eigenvalue weighted by Gasteiger charge is -2.18. The Kier molecular flexibility index (Phi) is 4.10. The Labute approximate surface area is 116 Å². The lowest BCUT2D eigenvalue weighted by atomic mass is 9.96. The molecule has 2 rings (SSSR count). The molecule has 0 saturated heterocycles. The summed E-state index contributed by atoms with van der Waals surface area (Å²) in [6.45, 7) is -0.313. The van der Waals surface area contributed by atoms with Crippen molar-refractivity contribution < 1.29 is 24.5 Å². The quantitative estimate of drug-likeness (QED) is 0.873. The third kappa shape index (κ3) is 2.28. The number of rotatable bonds is 5. The average molecular weight is 276 g/mol. The summed E-state index contributed by atoms with van der Waals surface area (Å²) in [6.07, 6.45) is -0.236. The molecule has 20 heavy (non-hydrogen) atoms. The van der Waals surface area contributed by atoms with Gasteiger partial charge in [-0.05, 0) is 0 Å². The predicted molar refractivity (Wildman–Crippen MR) is 74.3 cm³/mol. The van der Waals surface area contributed by atoms with Gasteiger partial charge in [-0.2, -0.15) is 0 Å². The van der Waals surface area contributed by atoms with Crippen LogP contribution in [-0.2, 0) is 17.8 Å². The lowest BCUT2D eigenvalue weighted by molar-refractivity contribution is -0.136. The van der Waals surface area contributed by atoms with Crippen molar-refractivity contribution in [3.63, 3.8) is 0 Å². The highest BCUT2D eigenvalue weighted by atomic mass is 16.5. The van der Waals surface area contributed by atoms with Gasteiger partial charge in [0.05, 0.1) is 27.2 Å². The molecule has 0 heterocycles. The number of carboxylic acid groups (broad SMARTS) is 1. The number of benzene rings is 2. The minimum atomic E-state index is -0.990. The fourth-order valence-electron chi connectivity index (χ4n) is 2.45. The zero-order chi connectivity index (χ0) is 14.7. The van der Waals surface area contributed by atoms with E-state index in [9.17, 15) is 9.90 Å². The van der Waals surface area contributed by atoms with Crippen molar-refractivity contribution in [3.8, 4) is 11.5 Å². The first-order chi connectivity index (χ1) is 9.63. The number of aliphatic carboxylic acids is 1. The van der Waals surface area contributed by atoms with Crippen LogP contribution in [0.3, 0.4) is 0 Å². The van der Waals surface area contributed by atoms with E-state index in [-0.39, 0.29) is 13.0 Å². The first-order valence-corrected chi connectivity index (χ1v) is 6.11. The second kappa shape index (κ2) is 5.79. The lowest BCUT2D eigenvalue weighted by Crippen LogP contribution is -2.08. The van der Waals surface area contributed by atoms with E-state index >= 15 is 0 Å². The molecule has 0 amide bonds. The molecule has 0 unspecified atom stereocenters. The smallest absolute Gasteiger partial charge is 0.307 e. The SMILES string of the molecule is COc1c(CO)c(CC(=O)O)c(OC)c2ccccc12. The van der Waals surface area contributed by atoms with E-state index in [0.717, 1.165) is 10.8 Å². The summed E-state index contributed by atoms with van der Waals surface area (Å²) in [5.41, 5.74) is 0.892. The summed E-state index contributed by atoms with van der Waals surface area (Å²) in [7, 11) is 2.98. The van der Waals surface area contributed by atoms with Crippen LogP contribution in [0.5, 0.6) is 11.5 Å². The molecule has 5 nitrogen and oxygen atoms in total. The van der Waals surface area contributed by atoms with E-state index in [1.165, 1.54) is 14.2 Å². The van der Waals surface area contributed by atoms with E-state index in [2.05, 4.69) is 0 Å². The molecule has 0 aliphatic heterocycles. The van der Waals surface area contributed by atoms with Gasteiger partial charge in [-0.1, -0.05) is 24.3 Å². The number of aliphatic hydroxyl groups excluding tert-OH is 1. The van der Waals surface area contributed by atoms with E-state index in [4.69, 9.17) is 14.6 Å². The van der Waals surface area contributed by atoms with Crippen molar-refractivity contribution in [2.75, 3.05) is 14.2 Å². The van der Waals surface area contributed by atoms with Gasteiger partial charge in [-0.25, -0.2) is 0 Å². The second-order valence-electron chi connectivity index (χ2n) is 4.30. The molecule has 0 aromatic heterocycles. The van der Waals surface area contributed by atoms with Crippen molar-refractivity contribution in [1.29, 1.82) is 0 Å². The molecule has 0 atom stereocenters. The van der Waals surface area contributed by atoms with Gasteiger partial charge >= 0.3 is 5.97 Å². The number of carboxylic acids is 1. The minimum absolute atomic E-state index is 0.236. The maximum Gasteiger partial charge on any atom is 0.307 e. The predicted octanol–water partition coefficient (Wildman–Crippen LogP) is 1.98. The molecule has 0 bridgehead atoms. The molecule has 106 valence electrons. The molecule has 0 fully saturated rings. The van der Waals surface area contributed by atoms with Crippen LogP contribution in [0.15, 0.2) is 24.3 Å². The number of hydrogen-bond acceptors (Lipinski definition) is 4. The Morgan fingerprint density at radius 3 is 1.95 bits per heavy atom. The van der Waals surface area contributed by atoms with Crippen molar-refractivity contribution in [2.45, 2.75) is 13.0 Å². The van der Waals surface area contributed by atoms with Crippen molar-refractivity contribution in [3.05, 3.63) is 35.4 Å². The van der Waals surface area contributed by atoms with Crippen LogP contribution in [0, 0.1) is 0 Å². The van der Waals surface area contributed by atoms with Gasteiger partial charge in [0.25, 0.3) is 0 Å². The summed E-state index contributed by atoms with van der Waals surface area (Å²) in [5, 5.41) is 20.2. The van der Waals surface area contributed by atoms with Crippen LogP contribution < -0.4 is 9.47 Å². The summed E-state index contributed by atoms with van der Waals surface area (Å²) in [5.74, 6) is -0.0386. The highest BCUT2D eigenvalue weighted by Crippen LogP contribution is 2.41. The third-order valence-corrected chi connectivity index (χ3v) is 3.22. The molecular formula is C15H16O5. The topological polar surface area (TPSA) is 76.0 Å². The largest absolute Gasteiger partial charge is 0.496 e. The van der Waals surface area contributed by atoms with Crippen LogP contribution in [0.2, 0.25) is 0 Å². The summed E-state index contributed by atoms with van der Waals surface area (Å²) in [4.78, 5) is 11.1. The third-order valence-electron chi connectivity index (χ3n) is 3.22. The van der Waals surface area contributed by atoms with Crippen LogP contribution in [-0.4, -0.2) is 30.4 Å². The highest BCUT2D eigenvalue weighted by Gasteiger charge is 2.21. The molecule has 0 saturated carbocycles. The zero-order valence-electron chi connectivity index (χ0n) is 11.3. The molecular weight excluding hydrogens is 260 g/mol. The van der Waals surface area contributed by atoms with Crippen LogP contribution in [0.1, 0.15) is 11.1 Å². The minimum Gasteiger partial charge on any atom is -0.496 e. The van der Waals surface area contributed by atoms with Gasteiger partial charge in [0.1, 0.15) is 11.5 Å². The summed E-state index contributed by atoms with van der Waals surface area (Å²) in [6, 6.07) is 7.37. The highest BCUT2D eigenvalue weighted by molar-refractivity contribution is 5.97. The van der Waals surface area contributed by atoms with Crippen molar-refractivity contribution in [2.24, 2.45) is 0 Å². The maximum absolute atomic E-state index is 11.1. The van der Waals surface area contributed by atoms with E-state index in [0.29, 0.717) is 22.6 Å². The fourth-order valence-corrected chi connectivity index (χ4v) is 2.45. The number of hydrogen-bond donors (Lipinski definition) is 2. The Morgan fingerprint density at radius 2 is 1.55 bits per heavy atom. The number of aliphatic hydroxyl groups is 1. The number of carbonyl (C=O) groups is 1. The summed E-state index contributed by atoms with van der Waals surface area (Å²) >= 11 is 0. The molecule has 5 heteroatoms. The van der Waals surface area contributed by atoms with Gasteiger partial charge in [0.2, 0.25) is 0 Å². The number of ether oxygens (including phenoxy) is 2. The average Bonchev–Trinajstić information content (AvgIpc) is 2.45. The monoisotopic (exact) mass is 276 g/mol. The Hall–Kier alpha value is -2.27. The summed E-state index contributed by atoms with van der Waals surface area (Å²) < 4.78 is 10.7. The van der Waals surface area contributed by atoms with Crippen LogP contribution in [0.25, 0.3) is 10.8 Å². The Morgan fingerprint density at radius 1 is 1.05 bits per heavy atom. The molecule has 0 aliphatic carbocycles. The molecule has 0 spiro atoms. The molecule has 0 aliphatic rings. The zero-order valence-corrected chi connectivity index (χ0v) is 11.3. The normalized spacial score (nSPS) is 10.6. The molecule has 2 aromatic rings. The van der Waals surface area contributed by atoms with Gasteiger partial charge in [0.15, 0.2) is 0 Å². The van der Waals surface area contributed by atoms with E-state index in [1.54, 1.807) is 0 Å². The Bertz CT molecular complexity index is 648. The fraction of sp³-hybridized carbons (Fsp3) is 0.267. The van der Waals surface area contributed by atoms with Gasteiger partial charge < -0.3 is 19.7 Å². The molecule has 0 radical (unpaired) electrons. The van der Waals surface area contributed by atoms with Gasteiger partial charge in [-0.3, -0.25) is 4.79 Å². The van der Waals surface area contributed by atoms with Crippen LogP contribution >= 0.6 is 0 Å². The first-order valence-electron chi connectivity index (χ1n) is 6.11. The maximum atomic E-state index is 11.1. The standard InChI is InChI=1S/C15H16O5/c1-19-14-9-5-3-4-6-10(9)15(20-2)12(8-16)11(14)7-13(17)18/h3-6,16H,7-8H2,1-2H3,(H,17,18). The molecule has 2 N–H and O–H groups in total. The van der Waals surface area contributed by atoms with E-state index in [1.807, 2.05) is 24.3 Å².